The molecular formula is C18H26ClN3OZn. The number of likely N-dealkylation sites (N-methyl/N-ethyl adjacent to an activating group) is 1. The third kappa shape index (κ3) is 6.29. The molecule has 2 N–H and O–H groups in total. The third-order valence-electron chi connectivity index (χ3n) is 4.08. The van der Waals surface area contributed by atoms with Crippen LogP contribution in [0, 0.1) is 0 Å². The number of aliphatic hydroxyl groups excluding tert-OH is 1. The number of nitrogens with one attached hydrogen (secondary N) is 1. The first-order valence-electron chi connectivity index (χ1n) is 8.28. The molecule has 0 spiro atoms. The average molecular weight is 401 g/mol. The van der Waals surface area contributed by atoms with Crippen molar-refractivity contribution < 1.29 is 24.6 Å². The second-order valence-electron chi connectivity index (χ2n) is 5.87. The molecule has 2 rings (SSSR count). The molecule has 1 aromatic heterocycles. The van der Waals surface area contributed by atoms with Crippen LogP contribution in [0.2, 0.25) is 5.02 Å². The van der Waals surface area contributed by atoms with E-state index in [2.05, 4.69) is 29.0 Å². The van der Waals surface area contributed by atoms with Gasteiger partial charge in [0.1, 0.15) is 0 Å². The average Bonchev–Trinajstić information content (AvgIpc) is 2.54. The van der Waals surface area contributed by atoms with Crippen LogP contribution in [0.1, 0.15) is 26.7 Å². The second-order valence-corrected chi connectivity index (χ2v) is 6.30. The van der Waals surface area contributed by atoms with E-state index in [-0.39, 0.29) is 26.1 Å². The minimum Gasteiger partial charge on any atom is -0.395 e. The molecule has 24 heavy (non-hydrogen) atoms. The van der Waals surface area contributed by atoms with Crippen LogP contribution in [0.5, 0.6) is 0 Å². The van der Waals surface area contributed by atoms with Crippen LogP contribution in [0.4, 0.5) is 5.69 Å². The number of hydrogen-bond donors (Lipinski definition) is 2. The van der Waals surface area contributed by atoms with Crippen LogP contribution in [-0.4, -0.2) is 47.3 Å². The number of aromatic nitrogens is 1. The first-order chi connectivity index (χ1) is 11.1. The maximum atomic E-state index is 9.02. The molecule has 6 heteroatoms. The molecule has 2 aromatic rings. The molecule has 128 valence electrons. The minimum atomic E-state index is 0. The van der Waals surface area contributed by atoms with Crippen LogP contribution in [0.3, 0.4) is 0 Å². The number of rotatable bonds is 9. The predicted octanol–water partition coefficient (Wildman–Crippen LogP) is 3.78. The summed E-state index contributed by atoms with van der Waals surface area (Å²) in [5, 5.41) is 14.4. The van der Waals surface area contributed by atoms with Gasteiger partial charge in [0.2, 0.25) is 0 Å². The maximum absolute atomic E-state index is 9.02. The monoisotopic (exact) mass is 399 g/mol. The molecule has 0 amide bonds. The smallest absolute Gasteiger partial charge is 0.0737 e. The van der Waals surface area contributed by atoms with Gasteiger partial charge in [0, 0.05) is 54.4 Å². The van der Waals surface area contributed by atoms with Crippen molar-refractivity contribution >= 4 is 28.2 Å². The quantitative estimate of drug-likeness (QED) is 0.628. The molecule has 0 aliphatic heterocycles. The summed E-state index contributed by atoms with van der Waals surface area (Å²) < 4.78 is 0. The predicted molar refractivity (Wildman–Crippen MR) is 98.3 cm³/mol. The van der Waals surface area contributed by atoms with Crippen molar-refractivity contribution in [3.05, 3.63) is 35.5 Å². The fraction of sp³-hybridized carbons (Fsp3) is 0.500. The van der Waals surface area contributed by atoms with Crippen molar-refractivity contribution in [2.75, 3.05) is 31.6 Å². The topological polar surface area (TPSA) is 48.4 Å². The summed E-state index contributed by atoms with van der Waals surface area (Å²) in [4.78, 5) is 6.65. The van der Waals surface area contributed by atoms with Gasteiger partial charge in [-0.25, -0.2) is 0 Å². The summed E-state index contributed by atoms with van der Waals surface area (Å²) in [6.07, 6.45) is 4.00. The zero-order valence-corrected chi connectivity index (χ0v) is 18.4. The van der Waals surface area contributed by atoms with Gasteiger partial charge in [-0.1, -0.05) is 18.5 Å². The van der Waals surface area contributed by atoms with E-state index in [1.54, 1.807) is 0 Å². The number of anilines is 1. The standard InChI is InChI=1S/C18H26ClN3O.Zn/c1-3-22(11-12-23)10-4-5-14(2)21-17-8-9-20-18-13-15(19)6-7-16(17)18;/h6-9,13-14,23H,3-5,10-12H2,1-2H3,(H,20,21);. The molecular weight excluding hydrogens is 375 g/mol. The number of aliphatic hydroxyl groups is 1. The molecule has 0 aliphatic rings. The fourth-order valence-corrected chi connectivity index (χ4v) is 2.94. The van der Waals surface area contributed by atoms with E-state index in [0.29, 0.717) is 11.1 Å². The van der Waals surface area contributed by atoms with Gasteiger partial charge in [-0.3, -0.25) is 4.98 Å². The van der Waals surface area contributed by atoms with Crippen molar-refractivity contribution in [3.63, 3.8) is 0 Å². The van der Waals surface area contributed by atoms with Gasteiger partial charge in [-0.2, -0.15) is 0 Å². The number of fused-ring (bicyclic) bond motifs is 1. The summed E-state index contributed by atoms with van der Waals surface area (Å²) in [6, 6.07) is 8.19. The van der Waals surface area contributed by atoms with E-state index in [0.717, 1.165) is 49.1 Å². The number of nitrogens with zero attached hydrogens (tertiary/aromatic N) is 2. The molecule has 4 nitrogen and oxygen atoms in total. The van der Waals surface area contributed by atoms with Gasteiger partial charge in [0.15, 0.2) is 0 Å². The number of benzene rings is 1. The van der Waals surface area contributed by atoms with E-state index in [1.807, 2.05) is 30.5 Å². The van der Waals surface area contributed by atoms with E-state index in [9.17, 15) is 0 Å². The molecule has 0 fully saturated rings. The first-order valence-corrected chi connectivity index (χ1v) is 8.66. The number of hydrogen-bond acceptors (Lipinski definition) is 4. The van der Waals surface area contributed by atoms with Crippen molar-refractivity contribution in [3.8, 4) is 0 Å². The van der Waals surface area contributed by atoms with Crippen LogP contribution in [-0.2, 0) is 19.5 Å². The molecule has 1 atom stereocenters. The Morgan fingerprint density at radius 3 is 2.79 bits per heavy atom. The van der Waals surface area contributed by atoms with Crippen molar-refractivity contribution in [2.45, 2.75) is 32.7 Å². The minimum absolute atomic E-state index is 0. The van der Waals surface area contributed by atoms with Crippen molar-refractivity contribution in [1.82, 2.24) is 9.88 Å². The van der Waals surface area contributed by atoms with E-state index < -0.39 is 0 Å². The molecule has 0 radical (unpaired) electrons. The Hall–Kier alpha value is -0.737. The van der Waals surface area contributed by atoms with Crippen LogP contribution in [0.25, 0.3) is 10.9 Å². The second kappa shape index (κ2) is 11.0. The van der Waals surface area contributed by atoms with Gasteiger partial charge >= 0.3 is 0 Å². The fourth-order valence-electron chi connectivity index (χ4n) is 2.78. The van der Waals surface area contributed by atoms with Gasteiger partial charge in [-0.15, -0.1) is 0 Å². The van der Waals surface area contributed by atoms with Gasteiger partial charge in [0.05, 0.1) is 12.1 Å². The molecule has 0 bridgehead atoms. The third-order valence-corrected chi connectivity index (χ3v) is 4.32. The Kier molecular flexibility index (Phi) is 9.76. The number of pyridine rings is 1. The molecule has 1 heterocycles. The Bertz CT molecular complexity index is 626. The van der Waals surface area contributed by atoms with Gasteiger partial charge < -0.3 is 15.3 Å². The Balaban J connectivity index is 0.00000288. The molecule has 0 saturated heterocycles. The van der Waals surface area contributed by atoms with Crippen LogP contribution < -0.4 is 5.32 Å². The van der Waals surface area contributed by atoms with Crippen molar-refractivity contribution in [2.24, 2.45) is 0 Å². The van der Waals surface area contributed by atoms with Gasteiger partial charge in [-0.05, 0) is 57.1 Å². The summed E-state index contributed by atoms with van der Waals surface area (Å²) in [6.45, 7) is 7.32. The zero-order valence-electron chi connectivity index (χ0n) is 14.6. The summed E-state index contributed by atoms with van der Waals surface area (Å²) in [5.74, 6) is 0. The Morgan fingerprint density at radius 1 is 1.29 bits per heavy atom. The largest absolute Gasteiger partial charge is 0.395 e. The van der Waals surface area contributed by atoms with E-state index in [4.69, 9.17) is 16.7 Å². The molecule has 0 saturated carbocycles. The van der Waals surface area contributed by atoms with Crippen LogP contribution in [0.15, 0.2) is 30.5 Å². The summed E-state index contributed by atoms with van der Waals surface area (Å²) >= 11 is 6.03. The SMILES string of the molecule is CCN(CCO)CCCC(C)Nc1ccnc2cc(Cl)ccc12.[Zn]. The van der Waals surface area contributed by atoms with Crippen molar-refractivity contribution in [1.29, 1.82) is 0 Å². The number of halogens is 1. The normalized spacial score (nSPS) is 12.2. The summed E-state index contributed by atoms with van der Waals surface area (Å²) in [5.41, 5.74) is 2.01. The Morgan fingerprint density at radius 2 is 2.08 bits per heavy atom. The van der Waals surface area contributed by atoms with Crippen LogP contribution >= 0.6 is 11.6 Å². The maximum Gasteiger partial charge on any atom is 0.0737 e. The zero-order chi connectivity index (χ0) is 16.7. The summed E-state index contributed by atoms with van der Waals surface area (Å²) in [7, 11) is 0. The Labute approximate surface area is 162 Å². The molecule has 1 aromatic carbocycles. The molecule has 0 aliphatic carbocycles. The first kappa shape index (κ1) is 21.3. The van der Waals surface area contributed by atoms with Gasteiger partial charge in [0.25, 0.3) is 0 Å². The molecule has 1 unspecified atom stereocenters. The van der Waals surface area contributed by atoms with E-state index in [1.165, 1.54) is 0 Å². The van der Waals surface area contributed by atoms with E-state index >= 15 is 0 Å².